The van der Waals surface area contributed by atoms with Gasteiger partial charge in [-0.05, 0) is 31.9 Å². The number of hydrogen-bond donors (Lipinski definition) is 1. The van der Waals surface area contributed by atoms with Crippen LogP contribution in [0.2, 0.25) is 0 Å². The van der Waals surface area contributed by atoms with Gasteiger partial charge < -0.3 is 5.32 Å². The first-order valence-corrected chi connectivity index (χ1v) is 10.4. The van der Waals surface area contributed by atoms with Gasteiger partial charge in [-0.2, -0.15) is 18.3 Å². The van der Waals surface area contributed by atoms with Crippen LogP contribution in [0, 0.1) is 5.82 Å². The van der Waals surface area contributed by atoms with Crippen molar-refractivity contribution in [2.75, 3.05) is 13.1 Å². The monoisotopic (exact) mass is 439 g/mol. The van der Waals surface area contributed by atoms with Gasteiger partial charge in [0.05, 0.1) is 11.6 Å². The van der Waals surface area contributed by atoms with Crippen molar-refractivity contribution >= 4 is 11.6 Å². The van der Waals surface area contributed by atoms with E-state index < -0.39 is 23.7 Å². The molecule has 1 amide bonds. The standard InChI is InChI=1S/C23H29F4N3O/c1-4-6-9-13-30-21(17-11-7-8-12-19(17)24)14-20(29-30)22(31)28-15-16(3)18(10-5-2)23(25,26)27/h5,7-8,10-12,21H,4,6,9,13-15H2,1-3H3,(H,28,31)/b10-5-,18-16-. The van der Waals surface area contributed by atoms with Gasteiger partial charge in [-0.15, -0.1) is 0 Å². The highest BCUT2D eigenvalue weighted by Gasteiger charge is 2.34. The first-order chi connectivity index (χ1) is 14.7. The Balaban J connectivity index is 2.16. The normalized spacial score (nSPS) is 17.7. The summed E-state index contributed by atoms with van der Waals surface area (Å²) in [5, 5.41) is 8.63. The summed E-state index contributed by atoms with van der Waals surface area (Å²) in [6.07, 6.45) is 0.822. The Labute approximate surface area is 180 Å². The summed E-state index contributed by atoms with van der Waals surface area (Å²) >= 11 is 0. The Morgan fingerprint density at radius 2 is 2.00 bits per heavy atom. The Hall–Kier alpha value is -2.64. The van der Waals surface area contributed by atoms with Crippen LogP contribution in [0.15, 0.2) is 52.7 Å². The second-order valence-corrected chi connectivity index (χ2v) is 7.53. The average molecular weight is 439 g/mol. The van der Waals surface area contributed by atoms with E-state index in [4.69, 9.17) is 0 Å². The molecule has 1 heterocycles. The van der Waals surface area contributed by atoms with Crippen molar-refractivity contribution in [2.24, 2.45) is 5.10 Å². The van der Waals surface area contributed by atoms with Crippen molar-refractivity contribution in [3.63, 3.8) is 0 Å². The van der Waals surface area contributed by atoms with Crippen molar-refractivity contribution in [1.82, 2.24) is 10.3 Å². The maximum absolute atomic E-state index is 14.4. The van der Waals surface area contributed by atoms with Gasteiger partial charge in [0.2, 0.25) is 0 Å². The largest absolute Gasteiger partial charge is 0.416 e. The SMILES string of the molecule is C/C=C\C(=C(/C)CNC(=O)C1=NN(CCCCC)C(c2ccccc2F)C1)C(F)(F)F. The van der Waals surface area contributed by atoms with E-state index in [0.29, 0.717) is 12.1 Å². The zero-order valence-electron chi connectivity index (χ0n) is 18.1. The molecule has 1 aliphatic rings. The van der Waals surface area contributed by atoms with Gasteiger partial charge in [0.15, 0.2) is 0 Å². The summed E-state index contributed by atoms with van der Waals surface area (Å²) in [5.74, 6) is -0.912. The zero-order valence-corrected chi connectivity index (χ0v) is 18.1. The van der Waals surface area contributed by atoms with Crippen LogP contribution in [0.5, 0.6) is 0 Å². The molecule has 1 atom stereocenters. The molecule has 2 rings (SSSR count). The average Bonchev–Trinajstić information content (AvgIpc) is 3.13. The van der Waals surface area contributed by atoms with E-state index >= 15 is 0 Å². The Morgan fingerprint density at radius 3 is 2.61 bits per heavy atom. The number of nitrogens with one attached hydrogen (secondary N) is 1. The van der Waals surface area contributed by atoms with Gasteiger partial charge in [0.1, 0.15) is 11.5 Å². The number of amides is 1. The Kier molecular flexibility index (Phi) is 8.83. The minimum absolute atomic E-state index is 0.00278. The lowest BCUT2D eigenvalue weighted by atomic mass is 10.0. The molecule has 1 aromatic carbocycles. The van der Waals surface area contributed by atoms with E-state index in [2.05, 4.69) is 17.3 Å². The van der Waals surface area contributed by atoms with E-state index in [9.17, 15) is 22.4 Å². The molecule has 1 aromatic rings. The van der Waals surface area contributed by atoms with Crippen LogP contribution in [0.1, 0.15) is 58.1 Å². The number of benzene rings is 1. The quantitative estimate of drug-likeness (QED) is 0.305. The summed E-state index contributed by atoms with van der Waals surface area (Å²) in [5.41, 5.74) is -0.136. The third-order valence-corrected chi connectivity index (χ3v) is 5.13. The number of hydrogen-bond acceptors (Lipinski definition) is 3. The van der Waals surface area contributed by atoms with Crippen LogP contribution in [0.4, 0.5) is 17.6 Å². The van der Waals surface area contributed by atoms with Gasteiger partial charge >= 0.3 is 6.18 Å². The lowest BCUT2D eigenvalue weighted by molar-refractivity contribution is -0.114. The van der Waals surface area contributed by atoms with Gasteiger partial charge in [-0.3, -0.25) is 9.80 Å². The molecule has 0 bridgehead atoms. The van der Waals surface area contributed by atoms with Gasteiger partial charge in [-0.1, -0.05) is 50.1 Å². The molecule has 0 spiro atoms. The Bertz CT molecular complexity index is 859. The van der Waals surface area contributed by atoms with Crippen LogP contribution in [0.25, 0.3) is 0 Å². The maximum atomic E-state index is 14.4. The highest BCUT2D eigenvalue weighted by molar-refractivity contribution is 6.39. The summed E-state index contributed by atoms with van der Waals surface area (Å²) in [4.78, 5) is 12.6. The number of carbonyl (C=O) groups excluding carboxylic acids is 1. The van der Waals surface area contributed by atoms with Gasteiger partial charge in [-0.25, -0.2) is 4.39 Å². The number of hydrazone groups is 1. The fourth-order valence-electron chi connectivity index (χ4n) is 3.49. The molecule has 1 unspecified atom stereocenters. The molecule has 0 fully saturated rings. The topological polar surface area (TPSA) is 44.7 Å². The van der Waals surface area contributed by atoms with Crippen molar-refractivity contribution in [3.05, 3.63) is 58.9 Å². The molecule has 0 saturated carbocycles. The molecule has 1 aliphatic heterocycles. The lowest BCUT2D eigenvalue weighted by Gasteiger charge is -2.24. The summed E-state index contributed by atoms with van der Waals surface area (Å²) in [6.45, 7) is 5.22. The van der Waals surface area contributed by atoms with Gasteiger partial charge in [0, 0.05) is 25.1 Å². The summed E-state index contributed by atoms with van der Waals surface area (Å²) in [6, 6.07) is 5.95. The Morgan fingerprint density at radius 1 is 1.29 bits per heavy atom. The highest BCUT2D eigenvalue weighted by Crippen LogP contribution is 2.33. The fraction of sp³-hybridized carbons (Fsp3) is 0.478. The summed E-state index contributed by atoms with van der Waals surface area (Å²) < 4.78 is 53.9. The minimum Gasteiger partial charge on any atom is -0.347 e. The predicted octanol–water partition coefficient (Wildman–Crippen LogP) is 5.69. The first kappa shape index (κ1) is 24.6. The van der Waals surface area contributed by atoms with Crippen LogP contribution < -0.4 is 5.32 Å². The van der Waals surface area contributed by atoms with E-state index in [0.717, 1.165) is 25.3 Å². The van der Waals surface area contributed by atoms with Crippen molar-refractivity contribution in [1.29, 1.82) is 0 Å². The number of nitrogens with zero attached hydrogens (tertiary/aromatic N) is 2. The third-order valence-electron chi connectivity index (χ3n) is 5.13. The molecule has 0 radical (unpaired) electrons. The van der Waals surface area contributed by atoms with Crippen molar-refractivity contribution in [2.45, 2.75) is 58.7 Å². The van der Waals surface area contributed by atoms with Crippen LogP contribution >= 0.6 is 0 Å². The van der Waals surface area contributed by atoms with E-state index in [1.165, 1.54) is 26.0 Å². The lowest BCUT2D eigenvalue weighted by Crippen LogP contribution is -2.32. The number of carbonyl (C=O) groups is 1. The number of halogens is 4. The van der Waals surface area contributed by atoms with Crippen molar-refractivity contribution in [3.8, 4) is 0 Å². The van der Waals surface area contributed by atoms with E-state index in [1.54, 1.807) is 23.2 Å². The molecule has 8 heteroatoms. The van der Waals surface area contributed by atoms with Crippen LogP contribution in [-0.2, 0) is 4.79 Å². The molecule has 0 saturated heterocycles. The number of allylic oxidation sites excluding steroid dienone is 3. The summed E-state index contributed by atoms with van der Waals surface area (Å²) in [7, 11) is 0. The number of alkyl halides is 3. The highest BCUT2D eigenvalue weighted by atomic mass is 19.4. The first-order valence-electron chi connectivity index (χ1n) is 10.4. The molecule has 31 heavy (non-hydrogen) atoms. The number of unbranched alkanes of at least 4 members (excludes halogenated alkanes) is 2. The molecule has 1 N–H and O–H groups in total. The minimum atomic E-state index is -4.50. The molecular formula is C23H29F4N3O. The zero-order chi connectivity index (χ0) is 23.0. The molecular weight excluding hydrogens is 410 g/mol. The molecule has 170 valence electrons. The fourth-order valence-corrected chi connectivity index (χ4v) is 3.49. The predicted molar refractivity (Wildman–Crippen MR) is 114 cm³/mol. The van der Waals surface area contributed by atoms with Crippen LogP contribution in [-0.4, -0.2) is 35.9 Å². The maximum Gasteiger partial charge on any atom is 0.416 e. The van der Waals surface area contributed by atoms with Crippen molar-refractivity contribution < 1.29 is 22.4 Å². The molecule has 0 aromatic heterocycles. The van der Waals surface area contributed by atoms with E-state index in [-0.39, 0.29) is 30.1 Å². The number of rotatable bonds is 9. The second-order valence-electron chi connectivity index (χ2n) is 7.53. The van der Waals surface area contributed by atoms with Gasteiger partial charge in [0.25, 0.3) is 5.91 Å². The second kappa shape index (κ2) is 11.1. The smallest absolute Gasteiger partial charge is 0.347 e. The van der Waals surface area contributed by atoms with E-state index in [1.807, 2.05) is 0 Å². The van der Waals surface area contributed by atoms with Crippen LogP contribution in [0.3, 0.4) is 0 Å². The molecule has 4 nitrogen and oxygen atoms in total. The molecule has 0 aliphatic carbocycles. The third kappa shape index (κ3) is 6.67.